The molecule has 3 heterocycles. The number of nitrogens with one attached hydrogen (secondary N) is 1. The van der Waals surface area contributed by atoms with E-state index in [-0.39, 0.29) is 17.8 Å². The van der Waals surface area contributed by atoms with E-state index in [0.717, 1.165) is 55.0 Å². The molecule has 0 unspecified atom stereocenters. The van der Waals surface area contributed by atoms with Crippen LogP contribution < -0.4 is 15.0 Å². The van der Waals surface area contributed by atoms with Crippen LogP contribution >= 0.6 is 0 Å². The number of hydrogen-bond donors (Lipinski definition) is 2. The van der Waals surface area contributed by atoms with Gasteiger partial charge in [0, 0.05) is 48.7 Å². The van der Waals surface area contributed by atoms with Crippen LogP contribution in [-0.2, 0) is 9.53 Å². The number of ether oxygens (including phenoxy) is 2. The van der Waals surface area contributed by atoms with E-state index in [4.69, 9.17) is 9.47 Å². The molecule has 1 aliphatic rings. The first-order valence-electron chi connectivity index (χ1n) is 14.2. The predicted octanol–water partition coefficient (Wildman–Crippen LogP) is 6.79. The lowest BCUT2D eigenvalue weighted by Crippen LogP contribution is -2.39. The van der Waals surface area contributed by atoms with E-state index in [1.165, 1.54) is 6.07 Å². The third-order valence-electron chi connectivity index (χ3n) is 7.30. The summed E-state index contributed by atoms with van der Waals surface area (Å²) in [7, 11) is 0. The van der Waals surface area contributed by atoms with Crippen molar-refractivity contribution in [1.82, 2.24) is 9.97 Å². The molecular formula is C32H40F2N4O4. The molecular weight excluding hydrogens is 542 g/mol. The van der Waals surface area contributed by atoms with Crippen LogP contribution in [0.2, 0.25) is 0 Å². The second-order valence-electron chi connectivity index (χ2n) is 12.4. The quantitative estimate of drug-likeness (QED) is 0.252. The summed E-state index contributed by atoms with van der Waals surface area (Å²) in [6.07, 6.45) is 4.16. The van der Waals surface area contributed by atoms with Crippen LogP contribution in [0.25, 0.3) is 11.3 Å². The molecule has 1 saturated heterocycles. The lowest BCUT2D eigenvalue weighted by atomic mass is 9.82. The number of nitrogens with zero attached hydrogens (tertiary/aromatic N) is 3. The fourth-order valence-corrected chi connectivity index (χ4v) is 4.98. The van der Waals surface area contributed by atoms with Gasteiger partial charge >= 0.3 is 5.97 Å². The van der Waals surface area contributed by atoms with Crippen LogP contribution in [0.1, 0.15) is 64.8 Å². The molecule has 10 heteroatoms. The lowest BCUT2D eigenvalue weighted by molar-refractivity contribution is -0.160. The molecule has 0 radical (unpaired) electrons. The highest BCUT2D eigenvalue weighted by atomic mass is 19.1. The van der Waals surface area contributed by atoms with Gasteiger partial charge in [0.05, 0.1) is 28.9 Å². The minimum absolute atomic E-state index is 0.0157. The summed E-state index contributed by atoms with van der Waals surface area (Å²) in [5.41, 5.74) is 3.56. The first-order valence-corrected chi connectivity index (χ1v) is 14.2. The number of carbonyl (C=O) groups is 1. The fourth-order valence-electron chi connectivity index (χ4n) is 4.98. The zero-order chi connectivity index (χ0) is 30.7. The second kappa shape index (κ2) is 12.6. The van der Waals surface area contributed by atoms with Crippen LogP contribution in [0.4, 0.5) is 20.2 Å². The minimum Gasteiger partial charge on any atom is -0.489 e. The highest BCUT2D eigenvalue weighted by Crippen LogP contribution is 2.43. The highest BCUT2D eigenvalue weighted by molar-refractivity contribution is 5.85. The number of carboxylic acids is 1. The molecule has 3 aromatic rings. The molecule has 4 rings (SSSR count). The van der Waals surface area contributed by atoms with Crippen molar-refractivity contribution in [3.8, 4) is 17.0 Å². The van der Waals surface area contributed by atoms with Gasteiger partial charge < -0.3 is 24.8 Å². The molecule has 1 fully saturated rings. The zero-order valence-electron chi connectivity index (χ0n) is 25.1. The standard InChI is InChI=1S/C32H40F2N4O4/c1-20-27(29(30(39)40)42-31(2,3)4)28(38-14-11-32(5,6)12-15-38)23(19-36-20)25-9-8-22(18-37-25)35-13-16-41-26-10-7-21(33)17-24(26)34/h7-10,17-19,29,35H,11-16H2,1-6H3,(H,39,40)/t29-/m0/s1. The number of hydrogen-bond acceptors (Lipinski definition) is 7. The molecule has 0 saturated carbocycles. The molecule has 42 heavy (non-hydrogen) atoms. The van der Waals surface area contributed by atoms with E-state index in [9.17, 15) is 18.7 Å². The maximum absolute atomic E-state index is 13.8. The normalized spacial score (nSPS) is 15.8. The number of benzene rings is 1. The number of aliphatic carboxylic acids is 1. The first kappa shape index (κ1) is 31.2. The molecule has 226 valence electrons. The largest absolute Gasteiger partial charge is 0.489 e. The average Bonchev–Trinajstić information content (AvgIpc) is 2.91. The Labute approximate surface area is 246 Å². The second-order valence-corrected chi connectivity index (χ2v) is 12.4. The Kier molecular flexibility index (Phi) is 9.35. The van der Waals surface area contributed by atoms with Crippen molar-refractivity contribution in [2.45, 2.75) is 66.1 Å². The van der Waals surface area contributed by atoms with Crippen LogP contribution in [0.3, 0.4) is 0 Å². The molecule has 1 aromatic carbocycles. The Morgan fingerprint density at radius 3 is 2.43 bits per heavy atom. The number of aryl methyl sites for hydroxylation is 1. The van der Waals surface area contributed by atoms with E-state index in [2.05, 4.69) is 34.0 Å². The Hall–Kier alpha value is -3.79. The number of piperidine rings is 1. The predicted molar refractivity (Wildman–Crippen MR) is 159 cm³/mol. The molecule has 2 N–H and O–H groups in total. The molecule has 8 nitrogen and oxygen atoms in total. The van der Waals surface area contributed by atoms with Crippen molar-refractivity contribution in [2.24, 2.45) is 5.41 Å². The summed E-state index contributed by atoms with van der Waals surface area (Å²) in [6, 6.07) is 6.91. The molecule has 0 aliphatic carbocycles. The lowest BCUT2D eigenvalue weighted by Gasteiger charge is -2.40. The molecule has 2 aromatic heterocycles. The van der Waals surface area contributed by atoms with Gasteiger partial charge in [0.15, 0.2) is 17.7 Å². The Bertz CT molecular complexity index is 1400. The third kappa shape index (κ3) is 7.73. The van der Waals surface area contributed by atoms with Crippen molar-refractivity contribution in [3.05, 3.63) is 65.6 Å². The molecule has 0 amide bonds. The van der Waals surface area contributed by atoms with E-state index < -0.39 is 29.3 Å². The van der Waals surface area contributed by atoms with Crippen molar-refractivity contribution < 1.29 is 28.2 Å². The number of pyridine rings is 2. The van der Waals surface area contributed by atoms with Crippen LogP contribution in [0.15, 0.2) is 42.7 Å². The van der Waals surface area contributed by atoms with Gasteiger partial charge in [0.25, 0.3) is 0 Å². The van der Waals surface area contributed by atoms with Crippen molar-refractivity contribution in [3.63, 3.8) is 0 Å². The summed E-state index contributed by atoms with van der Waals surface area (Å²) in [6.45, 7) is 13.9. The zero-order valence-corrected chi connectivity index (χ0v) is 25.1. The van der Waals surface area contributed by atoms with Crippen LogP contribution in [-0.4, -0.2) is 52.9 Å². The monoisotopic (exact) mass is 582 g/mol. The Morgan fingerprint density at radius 2 is 1.83 bits per heavy atom. The maximum atomic E-state index is 13.8. The topological polar surface area (TPSA) is 96.8 Å². The molecule has 0 spiro atoms. The van der Waals surface area contributed by atoms with E-state index in [1.807, 2.05) is 39.8 Å². The van der Waals surface area contributed by atoms with Gasteiger partial charge in [-0.2, -0.15) is 0 Å². The van der Waals surface area contributed by atoms with Crippen molar-refractivity contribution in [2.75, 3.05) is 36.5 Å². The number of halogens is 2. The first-order chi connectivity index (χ1) is 19.7. The van der Waals surface area contributed by atoms with Gasteiger partial charge in [-0.1, -0.05) is 13.8 Å². The number of carboxylic acid groups (broad SMARTS) is 1. The minimum atomic E-state index is -1.20. The molecule has 1 aliphatic heterocycles. The summed E-state index contributed by atoms with van der Waals surface area (Å²) >= 11 is 0. The average molecular weight is 583 g/mol. The third-order valence-corrected chi connectivity index (χ3v) is 7.30. The van der Waals surface area contributed by atoms with E-state index in [0.29, 0.717) is 23.5 Å². The van der Waals surface area contributed by atoms with Gasteiger partial charge in [-0.25, -0.2) is 13.6 Å². The number of anilines is 2. The van der Waals surface area contributed by atoms with Gasteiger partial charge in [-0.3, -0.25) is 9.97 Å². The molecule has 1 atom stereocenters. The van der Waals surface area contributed by atoms with Gasteiger partial charge in [-0.15, -0.1) is 0 Å². The number of rotatable bonds is 10. The molecule has 0 bridgehead atoms. The smallest absolute Gasteiger partial charge is 0.337 e. The Balaban J connectivity index is 1.61. The van der Waals surface area contributed by atoms with E-state index >= 15 is 0 Å². The number of aromatic nitrogens is 2. The summed E-state index contributed by atoms with van der Waals surface area (Å²) < 4.78 is 38.4. The SMILES string of the molecule is Cc1ncc(-c2ccc(NCCOc3ccc(F)cc3F)cn2)c(N2CCC(C)(C)CC2)c1[C@H](OC(C)(C)C)C(=O)O. The highest BCUT2D eigenvalue weighted by Gasteiger charge is 2.36. The maximum Gasteiger partial charge on any atom is 0.337 e. The van der Waals surface area contributed by atoms with Gasteiger partial charge in [0.2, 0.25) is 0 Å². The van der Waals surface area contributed by atoms with Crippen molar-refractivity contribution in [1.29, 1.82) is 0 Å². The van der Waals surface area contributed by atoms with Gasteiger partial charge in [-0.05, 0) is 70.2 Å². The summed E-state index contributed by atoms with van der Waals surface area (Å²) in [4.78, 5) is 24.1. The van der Waals surface area contributed by atoms with Crippen LogP contribution in [0.5, 0.6) is 5.75 Å². The Morgan fingerprint density at radius 1 is 1.12 bits per heavy atom. The van der Waals surface area contributed by atoms with Crippen LogP contribution in [0, 0.1) is 24.0 Å². The van der Waals surface area contributed by atoms with Gasteiger partial charge in [0.1, 0.15) is 12.4 Å². The van der Waals surface area contributed by atoms with Crippen molar-refractivity contribution >= 4 is 17.3 Å². The van der Waals surface area contributed by atoms with E-state index in [1.54, 1.807) is 12.4 Å². The fraction of sp³-hybridized carbons (Fsp3) is 0.469. The summed E-state index contributed by atoms with van der Waals surface area (Å²) in [5.74, 6) is -2.50. The summed E-state index contributed by atoms with van der Waals surface area (Å²) in [5, 5.41) is 13.5.